The number of hydrogen-bond donors (Lipinski definition) is 3. The highest BCUT2D eigenvalue weighted by Crippen LogP contribution is 2.24. The first-order valence-electron chi connectivity index (χ1n) is 14.3. The molecule has 0 aliphatic carbocycles. The molecule has 0 heterocycles. The summed E-state index contributed by atoms with van der Waals surface area (Å²) in [5.41, 5.74) is 7.93. The summed E-state index contributed by atoms with van der Waals surface area (Å²) in [6, 6.07) is 38.7. The van der Waals surface area contributed by atoms with Crippen LogP contribution in [-0.4, -0.2) is 26.2 Å². The molecule has 0 saturated heterocycles. The van der Waals surface area contributed by atoms with Gasteiger partial charge in [-0.3, -0.25) is 0 Å². The molecule has 0 radical (unpaired) electrons. The fraction of sp³-hybridized carbons (Fsp3) is 0.314. The minimum atomic E-state index is 0.907. The normalized spacial score (nSPS) is 10.6. The minimum absolute atomic E-state index is 0.907. The lowest BCUT2D eigenvalue weighted by Gasteiger charge is -2.12. The second-order valence-electron chi connectivity index (χ2n) is 9.21. The van der Waals surface area contributed by atoms with Gasteiger partial charge in [-0.05, 0) is 78.8 Å². The van der Waals surface area contributed by atoms with Gasteiger partial charge >= 0.3 is 0 Å². The predicted molar refractivity (Wildman–Crippen MR) is 165 cm³/mol. The van der Waals surface area contributed by atoms with Gasteiger partial charge in [-0.25, -0.2) is 0 Å². The average Bonchev–Trinajstić information content (AvgIpc) is 3.00. The van der Waals surface area contributed by atoms with Gasteiger partial charge in [-0.2, -0.15) is 0 Å². The molecule has 200 valence electrons. The summed E-state index contributed by atoms with van der Waals surface area (Å²) in [7, 11) is 0. The summed E-state index contributed by atoms with van der Waals surface area (Å²) in [5, 5.41) is 10.8. The molecule has 0 fully saturated rings. The SMILES string of the molecule is CC.c1ccc(-c2ccccc2CNCCCCNCCCNCc2ccccc2-c2ccccc2)cc1. The van der Waals surface area contributed by atoms with Gasteiger partial charge in [0.1, 0.15) is 0 Å². The molecule has 0 aromatic heterocycles. The number of hydrogen-bond acceptors (Lipinski definition) is 3. The van der Waals surface area contributed by atoms with E-state index in [1.165, 1.54) is 46.2 Å². The number of nitrogens with one attached hydrogen (secondary N) is 3. The highest BCUT2D eigenvalue weighted by Gasteiger charge is 2.04. The first-order valence-corrected chi connectivity index (χ1v) is 14.3. The van der Waals surface area contributed by atoms with Crippen LogP contribution in [0.25, 0.3) is 22.3 Å². The summed E-state index contributed by atoms with van der Waals surface area (Å²) in [6.07, 6.45) is 3.53. The van der Waals surface area contributed by atoms with E-state index in [0.717, 1.165) is 45.7 Å². The van der Waals surface area contributed by atoms with E-state index in [1.807, 2.05) is 13.8 Å². The molecule has 3 nitrogen and oxygen atoms in total. The molecule has 0 spiro atoms. The van der Waals surface area contributed by atoms with Gasteiger partial charge in [-0.1, -0.05) is 123 Å². The maximum Gasteiger partial charge on any atom is 0.0211 e. The van der Waals surface area contributed by atoms with Crippen molar-refractivity contribution in [3.05, 3.63) is 120 Å². The predicted octanol–water partition coefficient (Wildman–Crippen LogP) is 7.69. The Hall–Kier alpha value is -3.24. The van der Waals surface area contributed by atoms with E-state index in [9.17, 15) is 0 Å². The molecular weight excluding hydrogens is 462 g/mol. The van der Waals surface area contributed by atoms with Crippen molar-refractivity contribution < 1.29 is 0 Å². The van der Waals surface area contributed by atoms with Gasteiger partial charge in [0.2, 0.25) is 0 Å². The maximum atomic E-state index is 3.62. The van der Waals surface area contributed by atoms with E-state index in [0.29, 0.717) is 0 Å². The van der Waals surface area contributed by atoms with Crippen molar-refractivity contribution in [1.29, 1.82) is 0 Å². The van der Waals surface area contributed by atoms with Gasteiger partial charge in [0.15, 0.2) is 0 Å². The zero-order valence-electron chi connectivity index (χ0n) is 23.3. The Kier molecular flexibility index (Phi) is 14.0. The van der Waals surface area contributed by atoms with Crippen LogP contribution in [0.1, 0.15) is 44.2 Å². The Labute approximate surface area is 230 Å². The van der Waals surface area contributed by atoms with E-state index >= 15 is 0 Å². The second kappa shape index (κ2) is 18.1. The summed E-state index contributed by atoms with van der Waals surface area (Å²) in [4.78, 5) is 0. The van der Waals surface area contributed by atoms with Crippen molar-refractivity contribution in [3.8, 4) is 22.3 Å². The molecule has 0 aliphatic heterocycles. The molecule has 0 atom stereocenters. The molecule has 4 rings (SSSR count). The molecule has 0 amide bonds. The topological polar surface area (TPSA) is 36.1 Å². The van der Waals surface area contributed by atoms with Crippen LogP contribution in [-0.2, 0) is 13.1 Å². The van der Waals surface area contributed by atoms with Crippen LogP contribution in [0, 0.1) is 0 Å². The van der Waals surface area contributed by atoms with E-state index < -0.39 is 0 Å². The third-order valence-corrected chi connectivity index (χ3v) is 6.50. The quantitative estimate of drug-likeness (QED) is 0.144. The standard InChI is InChI=1S/C33H39N3.C2H6/c1-3-14-28(15-4-1)32-20-9-7-18-30(32)26-35-23-12-11-22-34-24-13-25-36-27-31-19-8-10-21-33(31)29-16-5-2-6-17-29;1-2/h1-10,14-21,34-36H,11-13,22-27H2;1-2H3. The van der Waals surface area contributed by atoms with Crippen molar-refractivity contribution in [2.24, 2.45) is 0 Å². The van der Waals surface area contributed by atoms with E-state index in [2.05, 4.69) is 125 Å². The van der Waals surface area contributed by atoms with Crippen molar-refractivity contribution in [1.82, 2.24) is 16.0 Å². The Bertz CT molecular complexity index is 1050. The number of unbranched alkanes of at least 4 members (excludes halogenated alkanes) is 1. The van der Waals surface area contributed by atoms with Gasteiger partial charge in [-0.15, -0.1) is 0 Å². The third-order valence-electron chi connectivity index (χ3n) is 6.50. The van der Waals surface area contributed by atoms with Crippen LogP contribution >= 0.6 is 0 Å². The van der Waals surface area contributed by atoms with Crippen LogP contribution in [0.3, 0.4) is 0 Å². The van der Waals surface area contributed by atoms with E-state index in [1.54, 1.807) is 0 Å². The molecule has 0 saturated carbocycles. The first kappa shape index (κ1) is 29.3. The zero-order chi connectivity index (χ0) is 26.7. The summed E-state index contributed by atoms with van der Waals surface area (Å²) >= 11 is 0. The molecule has 0 unspecified atom stereocenters. The maximum absolute atomic E-state index is 3.62. The van der Waals surface area contributed by atoms with Crippen LogP contribution in [0.15, 0.2) is 109 Å². The van der Waals surface area contributed by atoms with Crippen molar-refractivity contribution in [3.63, 3.8) is 0 Å². The smallest absolute Gasteiger partial charge is 0.0211 e. The molecule has 4 aromatic carbocycles. The monoisotopic (exact) mass is 507 g/mol. The lowest BCUT2D eigenvalue weighted by molar-refractivity contribution is 0.559. The van der Waals surface area contributed by atoms with Crippen LogP contribution < -0.4 is 16.0 Å². The molecule has 3 N–H and O–H groups in total. The largest absolute Gasteiger partial charge is 0.317 e. The lowest BCUT2D eigenvalue weighted by atomic mass is 10.00. The minimum Gasteiger partial charge on any atom is -0.317 e. The van der Waals surface area contributed by atoms with Crippen molar-refractivity contribution in [2.45, 2.75) is 46.2 Å². The Balaban J connectivity index is 0.00000195. The zero-order valence-corrected chi connectivity index (χ0v) is 23.3. The van der Waals surface area contributed by atoms with Gasteiger partial charge in [0.05, 0.1) is 0 Å². The van der Waals surface area contributed by atoms with Gasteiger partial charge in [0.25, 0.3) is 0 Å². The number of rotatable bonds is 15. The Morgan fingerprint density at radius 2 is 0.763 bits per heavy atom. The highest BCUT2D eigenvalue weighted by atomic mass is 14.9. The third kappa shape index (κ3) is 9.90. The van der Waals surface area contributed by atoms with Crippen molar-refractivity contribution in [2.75, 3.05) is 26.2 Å². The van der Waals surface area contributed by atoms with Gasteiger partial charge in [0, 0.05) is 13.1 Å². The summed E-state index contributed by atoms with van der Waals surface area (Å²) in [6.45, 7) is 10.0. The van der Waals surface area contributed by atoms with Crippen molar-refractivity contribution >= 4 is 0 Å². The second-order valence-corrected chi connectivity index (χ2v) is 9.21. The summed E-state index contributed by atoms with van der Waals surface area (Å²) in [5.74, 6) is 0. The van der Waals surface area contributed by atoms with Crippen LogP contribution in [0.2, 0.25) is 0 Å². The first-order chi connectivity index (χ1) is 18.9. The Morgan fingerprint density at radius 3 is 1.26 bits per heavy atom. The van der Waals surface area contributed by atoms with E-state index in [4.69, 9.17) is 0 Å². The molecule has 4 aromatic rings. The van der Waals surface area contributed by atoms with Gasteiger partial charge < -0.3 is 16.0 Å². The van der Waals surface area contributed by atoms with Crippen LogP contribution in [0.5, 0.6) is 0 Å². The average molecular weight is 508 g/mol. The summed E-state index contributed by atoms with van der Waals surface area (Å²) < 4.78 is 0. The lowest BCUT2D eigenvalue weighted by Crippen LogP contribution is -2.23. The van der Waals surface area contributed by atoms with E-state index in [-0.39, 0.29) is 0 Å². The highest BCUT2D eigenvalue weighted by molar-refractivity contribution is 5.68. The molecule has 3 heteroatoms. The molecular formula is C35H45N3. The molecule has 38 heavy (non-hydrogen) atoms. The molecule has 0 aliphatic rings. The fourth-order valence-electron chi connectivity index (χ4n) is 4.56. The Morgan fingerprint density at radius 1 is 0.395 bits per heavy atom. The fourth-order valence-corrected chi connectivity index (χ4v) is 4.56. The van der Waals surface area contributed by atoms with Crippen LogP contribution in [0.4, 0.5) is 0 Å². The number of benzene rings is 4. The molecule has 0 bridgehead atoms.